The van der Waals surface area contributed by atoms with Crippen LogP contribution in [0.4, 0.5) is 0 Å². The molecule has 0 radical (unpaired) electrons. The van der Waals surface area contributed by atoms with Gasteiger partial charge in [0.1, 0.15) is 12.2 Å². The van der Waals surface area contributed by atoms with Gasteiger partial charge in [0, 0.05) is 27.1 Å². The Balaban J connectivity index is 0.000000934. The first-order chi connectivity index (χ1) is 11.9. The second-order valence-electron chi connectivity index (χ2n) is 6.83. The molecule has 2 bridgehead atoms. The molecule has 1 fully saturated rings. The molecule has 6 nitrogen and oxygen atoms in total. The predicted octanol–water partition coefficient (Wildman–Crippen LogP) is 0.273. The van der Waals surface area contributed by atoms with Crippen molar-refractivity contribution in [2.45, 2.75) is 36.5 Å². The lowest BCUT2D eigenvalue weighted by atomic mass is 9.53. The fraction of sp³-hybridized carbons (Fsp3) is 0.556. The number of halogens is 1. The molecule has 1 aromatic rings. The third kappa shape index (κ3) is 2.18. The zero-order valence-corrected chi connectivity index (χ0v) is 14.7. The van der Waals surface area contributed by atoms with Gasteiger partial charge in [-0.05, 0) is 38.0 Å². The minimum Gasteiger partial charge on any atom is -0.493 e. The summed E-state index contributed by atoms with van der Waals surface area (Å²) in [6.45, 7) is -1.63. The molecule has 0 unspecified atom stereocenters. The Morgan fingerprint density at radius 2 is 2.16 bits per heavy atom. The van der Waals surface area contributed by atoms with Gasteiger partial charge in [0.2, 0.25) is 0 Å². The molecule has 5 rings (SSSR count). The number of methoxy groups -OCH3 is 1. The first kappa shape index (κ1) is 15.9. The highest BCUT2D eigenvalue weighted by Crippen LogP contribution is 2.62. The number of benzene rings is 1. The molecule has 0 aromatic heterocycles. The highest BCUT2D eigenvalue weighted by atomic mass is 35.5. The molecule has 140 valence electrons. The van der Waals surface area contributed by atoms with E-state index < -0.39 is 13.1 Å². The molecule has 7 heteroatoms. The van der Waals surface area contributed by atoms with Crippen LogP contribution in [0.3, 0.4) is 0 Å². The molecule has 2 aliphatic carbocycles. The smallest absolute Gasteiger partial charge is 0.165 e. The SMILES string of the molecule is Cl.O.O.[2H]C([2H])([2H])N1CC[C@]23c4c5ccc(OC)c4O[C@H]2[C@@H](O)C=C[C@H]3[C@H]1C5. The highest BCUT2D eigenvalue weighted by molar-refractivity contribution is 5.85. The Labute approximate surface area is 157 Å². The van der Waals surface area contributed by atoms with Gasteiger partial charge in [-0.15, -0.1) is 12.4 Å². The van der Waals surface area contributed by atoms with Gasteiger partial charge in [-0.2, -0.15) is 0 Å². The third-order valence-corrected chi connectivity index (χ3v) is 6.08. The van der Waals surface area contributed by atoms with Crippen LogP contribution in [-0.4, -0.2) is 59.8 Å². The number of rotatable bonds is 1. The molecule has 5 atom stereocenters. The Bertz CT molecular complexity index is 789. The number of ether oxygens (including phenoxy) is 2. The highest BCUT2D eigenvalue weighted by Gasteiger charge is 2.64. The third-order valence-electron chi connectivity index (χ3n) is 6.08. The van der Waals surface area contributed by atoms with Crippen molar-refractivity contribution in [1.82, 2.24) is 4.90 Å². The molecule has 1 spiro atoms. The lowest BCUT2D eigenvalue weighted by Gasteiger charge is -2.56. The molecule has 0 amide bonds. The summed E-state index contributed by atoms with van der Waals surface area (Å²) in [5.41, 5.74) is 1.89. The second-order valence-corrected chi connectivity index (χ2v) is 6.83. The number of aliphatic hydroxyl groups is 1. The van der Waals surface area contributed by atoms with E-state index in [-0.39, 0.29) is 46.8 Å². The normalized spacial score (nSPS) is 38.4. The first-order valence-electron chi connectivity index (χ1n) is 9.38. The summed E-state index contributed by atoms with van der Waals surface area (Å²) in [4.78, 5) is 1.66. The summed E-state index contributed by atoms with van der Waals surface area (Å²) in [7, 11) is 1.62. The minimum absolute atomic E-state index is 0. The van der Waals surface area contributed by atoms with Crippen LogP contribution in [0.15, 0.2) is 24.3 Å². The molecule has 4 aliphatic rings. The number of nitrogens with zero attached hydrogens (tertiary/aromatic N) is 1. The maximum Gasteiger partial charge on any atom is 0.165 e. The molecule has 0 saturated carbocycles. The lowest BCUT2D eigenvalue weighted by molar-refractivity contribution is -0.0453. The van der Waals surface area contributed by atoms with Crippen LogP contribution >= 0.6 is 12.4 Å². The molecule has 1 aromatic carbocycles. The average Bonchev–Trinajstić information content (AvgIpc) is 2.89. The Morgan fingerprint density at radius 1 is 1.36 bits per heavy atom. The van der Waals surface area contributed by atoms with Crippen LogP contribution in [-0.2, 0) is 11.8 Å². The number of piperidine rings is 1. The van der Waals surface area contributed by atoms with E-state index in [1.165, 1.54) is 0 Å². The van der Waals surface area contributed by atoms with Crippen molar-refractivity contribution in [2.75, 3.05) is 20.6 Å². The average molecular weight is 375 g/mol. The maximum atomic E-state index is 10.6. The van der Waals surface area contributed by atoms with Crippen LogP contribution in [0.1, 0.15) is 21.7 Å². The summed E-state index contributed by atoms with van der Waals surface area (Å²) in [5, 5.41) is 10.6. The summed E-state index contributed by atoms with van der Waals surface area (Å²) >= 11 is 0. The zero-order chi connectivity index (χ0) is 17.6. The van der Waals surface area contributed by atoms with Crippen LogP contribution in [0.2, 0.25) is 0 Å². The van der Waals surface area contributed by atoms with Crippen LogP contribution in [0.25, 0.3) is 0 Å². The van der Waals surface area contributed by atoms with Crippen molar-refractivity contribution in [3.05, 3.63) is 35.4 Å². The summed E-state index contributed by atoms with van der Waals surface area (Å²) in [6.07, 6.45) is 4.05. The van der Waals surface area contributed by atoms with Gasteiger partial charge in [-0.1, -0.05) is 18.2 Å². The minimum atomic E-state index is -2.11. The molecule has 2 heterocycles. The summed E-state index contributed by atoms with van der Waals surface area (Å²) < 4.78 is 35.6. The van der Waals surface area contributed by atoms with Crippen LogP contribution < -0.4 is 9.47 Å². The van der Waals surface area contributed by atoms with Crippen molar-refractivity contribution in [1.29, 1.82) is 0 Å². The quantitative estimate of drug-likeness (QED) is 0.712. The lowest BCUT2D eigenvalue weighted by Crippen LogP contribution is -2.64. The second kappa shape index (κ2) is 6.45. The van der Waals surface area contributed by atoms with Gasteiger partial charge in [-0.25, -0.2) is 0 Å². The van der Waals surface area contributed by atoms with Gasteiger partial charge in [-0.3, -0.25) is 0 Å². The Hall–Kier alpha value is -1.31. The monoisotopic (exact) mass is 374 g/mol. The van der Waals surface area contributed by atoms with Gasteiger partial charge in [0.25, 0.3) is 0 Å². The number of likely N-dealkylation sites (tertiary alicyclic amines) is 1. The molecule has 2 aliphatic heterocycles. The van der Waals surface area contributed by atoms with Crippen molar-refractivity contribution in [3.8, 4) is 11.5 Å². The van der Waals surface area contributed by atoms with E-state index in [1.54, 1.807) is 18.1 Å². The topological polar surface area (TPSA) is 105 Å². The predicted molar refractivity (Wildman–Crippen MR) is 96.9 cm³/mol. The van der Waals surface area contributed by atoms with Crippen LogP contribution in [0.5, 0.6) is 11.5 Å². The Morgan fingerprint density at radius 3 is 2.88 bits per heavy atom. The van der Waals surface area contributed by atoms with Gasteiger partial charge in [0.05, 0.1) is 7.11 Å². The molecule has 25 heavy (non-hydrogen) atoms. The maximum absolute atomic E-state index is 10.6. The van der Waals surface area contributed by atoms with Gasteiger partial charge >= 0.3 is 0 Å². The molecule has 1 saturated heterocycles. The number of likely N-dealkylation sites (N-methyl/N-ethyl adjacent to an activating group) is 1. The first-order valence-corrected chi connectivity index (χ1v) is 7.88. The van der Waals surface area contributed by atoms with E-state index in [9.17, 15) is 5.11 Å². The van der Waals surface area contributed by atoms with Gasteiger partial charge in [0.15, 0.2) is 11.5 Å². The zero-order valence-electron chi connectivity index (χ0n) is 16.9. The van der Waals surface area contributed by atoms with Crippen molar-refractivity contribution >= 4 is 12.4 Å². The molecular formula is C18H26ClNO5. The largest absolute Gasteiger partial charge is 0.493 e. The van der Waals surface area contributed by atoms with E-state index in [0.29, 0.717) is 25.1 Å². The Kier molecular flexibility index (Phi) is 4.10. The number of hydrogen-bond acceptors (Lipinski definition) is 4. The van der Waals surface area contributed by atoms with E-state index >= 15 is 0 Å². The summed E-state index contributed by atoms with van der Waals surface area (Å²) in [6, 6.07) is 3.81. The fourth-order valence-electron chi connectivity index (χ4n) is 5.21. The standard InChI is InChI=1S/C18H21NO3.ClH.2H2O/c1-19-8-7-18-11-4-5-13(20)17(18)22-16-14(21-2)6-3-10(15(16)18)9-12(11)19;;;/h3-6,11-13,17,20H,7-9H2,1-2H3;1H;2*1H2/t11-,12+,13-,17-,18-;;;/m0.../s1/i1D3;;;. The van der Waals surface area contributed by atoms with E-state index in [1.807, 2.05) is 18.2 Å². The van der Waals surface area contributed by atoms with Crippen molar-refractivity contribution in [2.24, 2.45) is 5.92 Å². The number of hydrogen-bond donors (Lipinski definition) is 1. The number of aliphatic hydroxyl groups excluding tert-OH is 1. The summed E-state index contributed by atoms with van der Waals surface area (Å²) in [5.74, 6) is 1.44. The fourth-order valence-corrected chi connectivity index (χ4v) is 5.21. The van der Waals surface area contributed by atoms with E-state index in [4.69, 9.17) is 13.6 Å². The van der Waals surface area contributed by atoms with Crippen LogP contribution in [0, 0.1) is 5.92 Å². The van der Waals surface area contributed by atoms with Crippen molar-refractivity contribution in [3.63, 3.8) is 0 Å². The molecular weight excluding hydrogens is 346 g/mol. The van der Waals surface area contributed by atoms with E-state index in [0.717, 1.165) is 16.9 Å². The van der Waals surface area contributed by atoms with Gasteiger partial charge < -0.3 is 30.4 Å². The van der Waals surface area contributed by atoms with E-state index in [2.05, 4.69) is 0 Å². The van der Waals surface area contributed by atoms with Crippen molar-refractivity contribution < 1.29 is 29.6 Å². The molecule has 5 N–H and O–H groups in total.